The van der Waals surface area contributed by atoms with Crippen LogP contribution in [0.3, 0.4) is 0 Å². The van der Waals surface area contributed by atoms with E-state index >= 15 is 0 Å². The van der Waals surface area contributed by atoms with Gasteiger partial charge >= 0.3 is 0 Å². The zero-order valence-electron chi connectivity index (χ0n) is 27.1. The van der Waals surface area contributed by atoms with Crippen molar-refractivity contribution in [1.82, 2.24) is 4.57 Å². The van der Waals surface area contributed by atoms with Crippen molar-refractivity contribution in [3.8, 4) is 50.9 Å². The van der Waals surface area contributed by atoms with Gasteiger partial charge in [0.05, 0.1) is 11.0 Å². The maximum absolute atomic E-state index is 6.60. The van der Waals surface area contributed by atoms with Crippen LogP contribution in [0.5, 0.6) is 23.0 Å². The van der Waals surface area contributed by atoms with Crippen molar-refractivity contribution in [2.24, 2.45) is 0 Å². The van der Waals surface area contributed by atoms with E-state index in [1.807, 2.05) is 24.3 Å². The molecule has 7 aromatic carbocycles. The standard InChI is InChI=1S/C45H30N2O2/c1-45(2)36-14-7-6-12-32(36)34-26-31(22-23-37(34)45)46(29-10-4-3-5-11-29)30-20-18-27(19-21-30)28-24-35-33-13-8-15-38-42(33)47-43(35)41(25-28)49-40-17-9-16-39(48-38)44(40)47/h3-26H,1-2H3. The van der Waals surface area contributed by atoms with E-state index in [0.717, 1.165) is 78.7 Å². The predicted molar refractivity (Wildman–Crippen MR) is 199 cm³/mol. The van der Waals surface area contributed by atoms with E-state index in [9.17, 15) is 0 Å². The molecule has 1 aromatic heterocycles. The second-order valence-corrected chi connectivity index (χ2v) is 13.8. The fourth-order valence-corrected chi connectivity index (χ4v) is 8.48. The second-order valence-electron chi connectivity index (χ2n) is 13.8. The molecule has 2 aliphatic heterocycles. The molecule has 4 nitrogen and oxygen atoms in total. The third-order valence-electron chi connectivity index (χ3n) is 10.7. The van der Waals surface area contributed by atoms with Gasteiger partial charge in [0.25, 0.3) is 0 Å². The third-order valence-corrected chi connectivity index (χ3v) is 10.7. The normalized spacial score (nSPS) is 14.0. The van der Waals surface area contributed by atoms with Crippen molar-refractivity contribution < 1.29 is 9.47 Å². The van der Waals surface area contributed by atoms with E-state index in [2.05, 4.69) is 145 Å². The van der Waals surface area contributed by atoms with E-state index in [1.165, 1.54) is 22.3 Å². The molecule has 8 aromatic rings. The van der Waals surface area contributed by atoms with Crippen LogP contribution >= 0.6 is 0 Å². The number of hydrogen-bond acceptors (Lipinski definition) is 3. The highest BCUT2D eigenvalue weighted by molar-refractivity contribution is 6.16. The van der Waals surface area contributed by atoms with E-state index < -0.39 is 0 Å². The molecule has 3 heterocycles. The molecule has 1 aliphatic carbocycles. The van der Waals surface area contributed by atoms with Crippen LogP contribution in [0.15, 0.2) is 146 Å². The van der Waals surface area contributed by atoms with Gasteiger partial charge in [0.2, 0.25) is 0 Å². The monoisotopic (exact) mass is 630 g/mol. The molecule has 232 valence electrons. The minimum Gasteiger partial charge on any atom is -0.453 e. The summed E-state index contributed by atoms with van der Waals surface area (Å²) in [5, 5.41) is 2.32. The Balaban J connectivity index is 1.05. The van der Waals surface area contributed by atoms with Crippen LogP contribution in [-0.4, -0.2) is 4.57 Å². The highest BCUT2D eigenvalue weighted by Gasteiger charge is 2.36. The molecule has 0 spiro atoms. The first-order chi connectivity index (χ1) is 24.0. The lowest BCUT2D eigenvalue weighted by Gasteiger charge is -2.27. The number of hydrogen-bond donors (Lipinski definition) is 0. The summed E-state index contributed by atoms with van der Waals surface area (Å²) in [5.41, 5.74) is 14.1. The van der Waals surface area contributed by atoms with Crippen molar-refractivity contribution in [3.05, 3.63) is 157 Å². The van der Waals surface area contributed by atoms with Gasteiger partial charge in [0.1, 0.15) is 5.69 Å². The average molecular weight is 631 g/mol. The Morgan fingerprint density at radius 1 is 0.469 bits per heavy atom. The number of benzene rings is 7. The Bertz CT molecular complexity index is 2690. The Hall–Kier alpha value is -6.26. The maximum Gasteiger partial charge on any atom is 0.155 e. The molecular weight excluding hydrogens is 601 g/mol. The van der Waals surface area contributed by atoms with Crippen molar-refractivity contribution in [2.75, 3.05) is 4.90 Å². The number of para-hydroxylation sites is 3. The van der Waals surface area contributed by atoms with Crippen molar-refractivity contribution >= 4 is 38.9 Å². The Morgan fingerprint density at radius 2 is 1.12 bits per heavy atom. The zero-order chi connectivity index (χ0) is 32.4. The maximum atomic E-state index is 6.60. The van der Waals surface area contributed by atoms with Gasteiger partial charge in [-0.05, 0) is 100 Å². The molecule has 3 aliphatic rings. The topological polar surface area (TPSA) is 26.6 Å². The molecule has 0 radical (unpaired) electrons. The molecular formula is C45H30N2O2. The highest BCUT2D eigenvalue weighted by atomic mass is 16.5. The minimum atomic E-state index is -0.0309. The number of nitrogens with zero attached hydrogens (tertiary/aromatic N) is 2. The summed E-state index contributed by atoms with van der Waals surface area (Å²) < 4.78 is 15.3. The van der Waals surface area contributed by atoms with Gasteiger partial charge in [-0.15, -0.1) is 0 Å². The fourth-order valence-electron chi connectivity index (χ4n) is 8.48. The first kappa shape index (κ1) is 26.8. The average Bonchev–Trinajstić information content (AvgIpc) is 3.59. The summed E-state index contributed by atoms with van der Waals surface area (Å²) in [5.74, 6) is 3.36. The summed E-state index contributed by atoms with van der Waals surface area (Å²) in [6.45, 7) is 4.66. The van der Waals surface area contributed by atoms with Crippen molar-refractivity contribution in [1.29, 1.82) is 0 Å². The van der Waals surface area contributed by atoms with E-state index in [4.69, 9.17) is 9.47 Å². The van der Waals surface area contributed by atoms with E-state index in [-0.39, 0.29) is 5.41 Å². The smallest absolute Gasteiger partial charge is 0.155 e. The Kier molecular flexibility index (Phi) is 5.15. The van der Waals surface area contributed by atoms with Crippen LogP contribution in [0.1, 0.15) is 25.0 Å². The molecule has 4 heteroatoms. The summed E-state index contributed by atoms with van der Waals surface area (Å²) in [6.07, 6.45) is 0. The minimum absolute atomic E-state index is 0.0309. The van der Waals surface area contributed by atoms with Gasteiger partial charge in [0.15, 0.2) is 23.0 Å². The van der Waals surface area contributed by atoms with Gasteiger partial charge in [-0.2, -0.15) is 0 Å². The van der Waals surface area contributed by atoms with Gasteiger partial charge in [-0.25, -0.2) is 0 Å². The molecule has 0 saturated carbocycles. The van der Waals surface area contributed by atoms with Gasteiger partial charge < -0.3 is 14.4 Å². The summed E-state index contributed by atoms with van der Waals surface area (Å²) in [6, 6.07) is 52.2. The van der Waals surface area contributed by atoms with E-state index in [0.29, 0.717) is 0 Å². The molecule has 0 bridgehead atoms. The number of anilines is 3. The number of aromatic nitrogens is 1. The lowest BCUT2D eigenvalue weighted by Crippen LogP contribution is -2.15. The first-order valence-corrected chi connectivity index (χ1v) is 16.8. The van der Waals surface area contributed by atoms with Gasteiger partial charge in [0, 0.05) is 33.2 Å². The van der Waals surface area contributed by atoms with Crippen LogP contribution in [0.4, 0.5) is 17.1 Å². The van der Waals surface area contributed by atoms with Crippen LogP contribution in [0.25, 0.3) is 49.7 Å². The lowest BCUT2D eigenvalue weighted by atomic mass is 9.82. The molecule has 0 fully saturated rings. The molecule has 49 heavy (non-hydrogen) atoms. The first-order valence-electron chi connectivity index (χ1n) is 16.8. The molecule has 0 unspecified atom stereocenters. The molecule has 0 atom stereocenters. The van der Waals surface area contributed by atoms with Crippen molar-refractivity contribution in [3.63, 3.8) is 0 Å². The Morgan fingerprint density at radius 3 is 1.96 bits per heavy atom. The van der Waals surface area contributed by atoms with E-state index in [1.54, 1.807) is 0 Å². The SMILES string of the molecule is CC1(C)c2ccccc2-c2cc(N(c3ccccc3)c3ccc(-c4cc5c6c(c4)c4cccc7c4n6-c4c(cccc4O5)O7)cc3)ccc21. The van der Waals surface area contributed by atoms with Gasteiger partial charge in [-0.3, -0.25) is 4.57 Å². The number of ether oxygens (including phenoxy) is 2. The lowest BCUT2D eigenvalue weighted by molar-refractivity contribution is 0.444. The zero-order valence-corrected chi connectivity index (χ0v) is 27.1. The van der Waals surface area contributed by atoms with Crippen LogP contribution in [0, 0.1) is 0 Å². The number of fused-ring (bicyclic) bond motifs is 4. The quantitative estimate of drug-likeness (QED) is 0.194. The second kappa shape index (κ2) is 9.42. The van der Waals surface area contributed by atoms with Crippen molar-refractivity contribution in [2.45, 2.75) is 19.3 Å². The number of rotatable bonds is 4. The Labute approximate surface area is 284 Å². The third kappa shape index (κ3) is 3.58. The summed E-state index contributed by atoms with van der Waals surface area (Å²) >= 11 is 0. The molecule has 0 N–H and O–H groups in total. The predicted octanol–water partition coefficient (Wildman–Crippen LogP) is 12.4. The largest absolute Gasteiger partial charge is 0.453 e. The highest BCUT2D eigenvalue weighted by Crippen LogP contribution is 2.55. The van der Waals surface area contributed by atoms with Crippen LogP contribution < -0.4 is 14.4 Å². The van der Waals surface area contributed by atoms with Crippen LogP contribution in [-0.2, 0) is 5.41 Å². The van der Waals surface area contributed by atoms with Crippen LogP contribution in [0.2, 0.25) is 0 Å². The molecule has 0 amide bonds. The summed E-state index contributed by atoms with van der Waals surface area (Å²) in [4.78, 5) is 2.35. The fraction of sp³-hybridized carbons (Fsp3) is 0.0667. The molecule has 11 rings (SSSR count). The van der Waals surface area contributed by atoms with Gasteiger partial charge in [-0.1, -0.05) is 92.7 Å². The summed E-state index contributed by atoms with van der Waals surface area (Å²) in [7, 11) is 0. The molecule has 0 saturated heterocycles.